The number of aliphatic imine (C=N–C) groups is 1. The van der Waals surface area contributed by atoms with Crippen LogP contribution in [-0.2, 0) is 6.54 Å². The van der Waals surface area contributed by atoms with E-state index < -0.39 is 0 Å². The van der Waals surface area contributed by atoms with Crippen molar-refractivity contribution in [2.24, 2.45) is 10.7 Å². The Hall–Kier alpha value is -2.96. The highest BCUT2D eigenvalue weighted by molar-refractivity contribution is 5.77. The van der Waals surface area contributed by atoms with E-state index in [2.05, 4.69) is 10.3 Å². The molecule has 0 amide bonds. The first-order chi connectivity index (χ1) is 12.5. The summed E-state index contributed by atoms with van der Waals surface area (Å²) in [6.45, 7) is 2.70. The van der Waals surface area contributed by atoms with Crippen LogP contribution in [0.1, 0.15) is 12.5 Å². The van der Waals surface area contributed by atoms with Crippen molar-refractivity contribution in [1.29, 1.82) is 0 Å². The summed E-state index contributed by atoms with van der Waals surface area (Å²) >= 11 is 0. The lowest BCUT2D eigenvalue weighted by Gasteiger charge is -2.16. The van der Waals surface area contributed by atoms with E-state index in [1.165, 1.54) is 12.1 Å². The first-order valence-corrected chi connectivity index (χ1v) is 8.18. The van der Waals surface area contributed by atoms with E-state index in [-0.39, 0.29) is 11.9 Å². The number of hydrogen-bond acceptors (Lipinski definition) is 4. The second kappa shape index (κ2) is 9.50. The van der Waals surface area contributed by atoms with Crippen LogP contribution in [0, 0.1) is 5.82 Å². The normalized spacial score (nSPS) is 12.4. The Morgan fingerprint density at radius 2 is 1.92 bits per heavy atom. The molecule has 140 valence electrons. The molecule has 26 heavy (non-hydrogen) atoms. The molecule has 0 aliphatic rings. The predicted octanol–water partition coefficient (Wildman–Crippen LogP) is 2.71. The Balaban J connectivity index is 1.84. The van der Waals surface area contributed by atoms with E-state index in [1.54, 1.807) is 26.4 Å². The quantitative estimate of drug-likeness (QED) is 0.558. The van der Waals surface area contributed by atoms with Gasteiger partial charge in [-0.25, -0.2) is 9.38 Å². The van der Waals surface area contributed by atoms with Crippen LogP contribution < -0.4 is 25.3 Å². The van der Waals surface area contributed by atoms with E-state index >= 15 is 0 Å². The first-order valence-electron chi connectivity index (χ1n) is 8.18. The molecule has 6 nitrogen and oxygen atoms in total. The lowest BCUT2D eigenvalue weighted by Crippen LogP contribution is -2.38. The van der Waals surface area contributed by atoms with Crippen LogP contribution in [0.4, 0.5) is 4.39 Å². The summed E-state index contributed by atoms with van der Waals surface area (Å²) in [5.41, 5.74) is 6.82. The summed E-state index contributed by atoms with van der Waals surface area (Å²) in [5, 5.41) is 2.99. The number of guanidine groups is 1. The van der Waals surface area contributed by atoms with Crippen LogP contribution in [0.5, 0.6) is 17.2 Å². The minimum absolute atomic E-state index is 0.202. The average Bonchev–Trinajstić information content (AvgIpc) is 2.64. The van der Waals surface area contributed by atoms with Crippen LogP contribution in [0.15, 0.2) is 47.5 Å². The molecule has 7 heteroatoms. The average molecular weight is 361 g/mol. The molecule has 0 bridgehead atoms. The molecule has 1 atom stereocenters. The van der Waals surface area contributed by atoms with Crippen LogP contribution in [-0.4, -0.2) is 32.8 Å². The Morgan fingerprint density at radius 3 is 2.62 bits per heavy atom. The SMILES string of the molecule is COc1ccc(CN=C(N)NCC(C)Oc2cccc(F)c2)cc1OC. The molecule has 3 N–H and O–H groups in total. The molecule has 0 saturated heterocycles. The summed E-state index contributed by atoms with van der Waals surface area (Å²) in [4.78, 5) is 4.29. The number of methoxy groups -OCH3 is 2. The molecule has 0 aliphatic heterocycles. The molecular formula is C19H24FN3O3. The Kier molecular flexibility index (Phi) is 7.08. The lowest BCUT2D eigenvalue weighted by atomic mass is 10.2. The number of benzene rings is 2. The second-order valence-corrected chi connectivity index (χ2v) is 5.66. The van der Waals surface area contributed by atoms with Crippen LogP contribution in [0.2, 0.25) is 0 Å². The highest BCUT2D eigenvalue weighted by atomic mass is 19.1. The van der Waals surface area contributed by atoms with Gasteiger partial charge < -0.3 is 25.3 Å². The summed E-state index contributed by atoms with van der Waals surface area (Å²) in [6, 6.07) is 11.6. The van der Waals surface area contributed by atoms with Crippen molar-refractivity contribution in [3.05, 3.63) is 53.8 Å². The first kappa shape index (κ1) is 19.4. The third kappa shape index (κ3) is 5.84. The van der Waals surface area contributed by atoms with Gasteiger partial charge in [-0.2, -0.15) is 0 Å². The maximum absolute atomic E-state index is 13.1. The van der Waals surface area contributed by atoms with Crippen LogP contribution >= 0.6 is 0 Å². The van der Waals surface area contributed by atoms with Gasteiger partial charge in [-0.05, 0) is 36.8 Å². The summed E-state index contributed by atoms with van der Waals surface area (Å²) in [6.07, 6.45) is -0.202. The highest BCUT2D eigenvalue weighted by Gasteiger charge is 2.06. The van der Waals surface area contributed by atoms with Gasteiger partial charge in [0.25, 0.3) is 0 Å². The molecule has 0 heterocycles. The fourth-order valence-electron chi connectivity index (χ4n) is 2.27. The van der Waals surface area contributed by atoms with Gasteiger partial charge in [0.15, 0.2) is 17.5 Å². The monoisotopic (exact) mass is 361 g/mol. The fraction of sp³-hybridized carbons (Fsp3) is 0.316. The molecule has 0 fully saturated rings. The van der Waals surface area contributed by atoms with Crippen molar-refractivity contribution < 1.29 is 18.6 Å². The van der Waals surface area contributed by atoms with Crippen molar-refractivity contribution in [3.8, 4) is 17.2 Å². The topological polar surface area (TPSA) is 78.1 Å². The van der Waals surface area contributed by atoms with Gasteiger partial charge in [-0.15, -0.1) is 0 Å². The maximum Gasteiger partial charge on any atom is 0.189 e. The Morgan fingerprint density at radius 1 is 1.15 bits per heavy atom. The second-order valence-electron chi connectivity index (χ2n) is 5.66. The Labute approximate surface area is 152 Å². The van der Waals surface area contributed by atoms with Gasteiger partial charge in [0.2, 0.25) is 0 Å². The molecule has 2 aromatic rings. The molecule has 0 aromatic heterocycles. The van der Waals surface area contributed by atoms with E-state index in [1.807, 2.05) is 25.1 Å². The van der Waals surface area contributed by atoms with Crippen molar-refractivity contribution in [1.82, 2.24) is 5.32 Å². The summed E-state index contributed by atoms with van der Waals surface area (Å²) < 4.78 is 29.2. The fourth-order valence-corrected chi connectivity index (χ4v) is 2.27. The third-order valence-corrected chi connectivity index (χ3v) is 3.58. The molecule has 2 rings (SSSR count). The number of nitrogens with zero attached hydrogens (tertiary/aromatic N) is 1. The highest BCUT2D eigenvalue weighted by Crippen LogP contribution is 2.27. The smallest absolute Gasteiger partial charge is 0.189 e. The number of rotatable bonds is 8. The van der Waals surface area contributed by atoms with Gasteiger partial charge in [0.05, 0.1) is 27.3 Å². The van der Waals surface area contributed by atoms with E-state index in [4.69, 9.17) is 19.9 Å². The van der Waals surface area contributed by atoms with Gasteiger partial charge in [-0.3, -0.25) is 0 Å². The van der Waals surface area contributed by atoms with Crippen LogP contribution in [0.25, 0.3) is 0 Å². The number of nitrogens with two attached hydrogens (primary N) is 1. The van der Waals surface area contributed by atoms with E-state index in [0.29, 0.717) is 36.3 Å². The number of nitrogens with one attached hydrogen (secondary N) is 1. The third-order valence-electron chi connectivity index (χ3n) is 3.58. The molecule has 2 aromatic carbocycles. The number of halogens is 1. The maximum atomic E-state index is 13.1. The minimum atomic E-state index is -0.335. The van der Waals surface area contributed by atoms with Crippen LogP contribution in [0.3, 0.4) is 0 Å². The van der Waals surface area contributed by atoms with Crippen molar-refractivity contribution in [2.45, 2.75) is 19.6 Å². The molecule has 0 saturated carbocycles. The van der Waals surface area contributed by atoms with Gasteiger partial charge in [0, 0.05) is 6.07 Å². The van der Waals surface area contributed by atoms with Crippen molar-refractivity contribution >= 4 is 5.96 Å². The number of ether oxygens (including phenoxy) is 3. The molecular weight excluding hydrogens is 337 g/mol. The molecule has 0 aliphatic carbocycles. The molecule has 0 spiro atoms. The van der Waals surface area contributed by atoms with E-state index in [0.717, 1.165) is 5.56 Å². The number of hydrogen-bond donors (Lipinski definition) is 2. The summed E-state index contributed by atoms with van der Waals surface area (Å²) in [7, 11) is 3.17. The zero-order chi connectivity index (χ0) is 18.9. The molecule has 1 unspecified atom stereocenters. The standard InChI is InChI=1S/C19H24FN3O3/c1-13(26-16-6-4-5-15(20)10-16)11-22-19(21)23-12-14-7-8-17(24-2)18(9-14)25-3/h4-10,13H,11-12H2,1-3H3,(H3,21,22,23). The lowest BCUT2D eigenvalue weighted by molar-refractivity contribution is 0.223. The van der Waals surface area contributed by atoms with Gasteiger partial charge in [0.1, 0.15) is 17.7 Å². The summed E-state index contributed by atoms with van der Waals surface area (Å²) in [5.74, 6) is 1.74. The molecule has 0 radical (unpaired) electrons. The largest absolute Gasteiger partial charge is 0.493 e. The van der Waals surface area contributed by atoms with E-state index in [9.17, 15) is 4.39 Å². The zero-order valence-corrected chi connectivity index (χ0v) is 15.2. The van der Waals surface area contributed by atoms with Gasteiger partial charge >= 0.3 is 0 Å². The van der Waals surface area contributed by atoms with Crippen molar-refractivity contribution in [2.75, 3.05) is 20.8 Å². The minimum Gasteiger partial charge on any atom is -0.493 e. The predicted molar refractivity (Wildman–Crippen MR) is 99.4 cm³/mol. The Bertz CT molecular complexity index is 753. The zero-order valence-electron chi connectivity index (χ0n) is 15.2. The van der Waals surface area contributed by atoms with Gasteiger partial charge in [-0.1, -0.05) is 12.1 Å². The van der Waals surface area contributed by atoms with Crippen molar-refractivity contribution in [3.63, 3.8) is 0 Å².